The Hall–Kier alpha value is -1.67. The van der Waals surface area contributed by atoms with Gasteiger partial charge in [0.1, 0.15) is 5.82 Å². The van der Waals surface area contributed by atoms with E-state index in [2.05, 4.69) is 10.5 Å². The van der Waals surface area contributed by atoms with Gasteiger partial charge in [0.25, 0.3) is 0 Å². The van der Waals surface area contributed by atoms with Crippen LogP contribution >= 0.6 is 0 Å². The molecule has 0 unspecified atom stereocenters. The van der Waals surface area contributed by atoms with E-state index < -0.39 is 15.7 Å². The van der Waals surface area contributed by atoms with Gasteiger partial charge in [-0.25, -0.2) is 12.8 Å². The highest BCUT2D eigenvalue weighted by molar-refractivity contribution is 7.91. The summed E-state index contributed by atoms with van der Waals surface area (Å²) in [6.07, 6.45) is 0. The molecular weight excluding hydrogens is 285 g/mol. The summed E-state index contributed by atoms with van der Waals surface area (Å²) in [7, 11) is -3.02. The Labute approximate surface area is 117 Å². The van der Waals surface area contributed by atoms with Crippen molar-refractivity contribution >= 4 is 15.7 Å². The van der Waals surface area contributed by atoms with Crippen LogP contribution in [-0.2, 0) is 16.4 Å². The fraction of sp³-hybridized carbons (Fsp3) is 0.417. The Morgan fingerprint density at radius 1 is 1.50 bits per heavy atom. The van der Waals surface area contributed by atoms with Gasteiger partial charge in [0.2, 0.25) is 0 Å². The number of nitrogens with zero attached hydrogens (tertiary/aromatic N) is 1. The van der Waals surface area contributed by atoms with Crippen LogP contribution in [0.15, 0.2) is 23.4 Å². The van der Waals surface area contributed by atoms with E-state index >= 15 is 0 Å². The van der Waals surface area contributed by atoms with E-state index in [4.69, 9.17) is 10.9 Å². The molecular formula is C12H18FN3O3S. The average molecular weight is 303 g/mol. The highest BCUT2D eigenvalue weighted by atomic mass is 32.2. The van der Waals surface area contributed by atoms with Crippen LogP contribution < -0.4 is 11.1 Å². The molecule has 20 heavy (non-hydrogen) atoms. The first-order valence-corrected chi connectivity index (χ1v) is 7.89. The molecule has 0 aliphatic heterocycles. The molecule has 1 rings (SSSR count). The first-order chi connectivity index (χ1) is 9.39. The predicted octanol–water partition coefficient (Wildman–Crippen LogP) is 0.444. The van der Waals surface area contributed by atoms with Crippen molar-refractivity contribution in [1.29, 1.82) is 0 Å². The smallest absolute Gasteiger partial charge is 0.170 e. The van der Waals surface area contributed by atoms with E-state index in [1.54, 1.807) is 6.92 Å². The second-order valence-corrected chi connectivity index (χ2v) is 6.67. The van der Waals surface area contributed by atoms with Crippen LogP contribution in [0.2, 0.25) is 0 Å². The van der Waals surface area contributed by atoms with Crippen LogP contribution in [-0.4, -0.2) is 37.5 Å². The third kappa shape index (κ3) is 4.78. The lowest BCUT2D eigenvalue weighted by atomic mass is 10.1. The lowest BCUT2D eigenvalue weighted by Crippen LogP contribution is -2.25. The van der Waals surface area contributed by atoms with Gasteiger partial charge in [-0.1, -0.05) is 18.1 Å². The van der Waals surface area contributed by atoms with E-state index in [-0.39, 0.29) is 29.4 Å². The minimum atomic E-state index is -3.02. The van der Waals surface area contributed by atoms with Gasteiger partial charge in [-0.05, 0) is 17.7 Å². The van der Waals surface area contributed by atoms with Crippen molar-refractivity contribution in [3.63, 3.8) is 0 Å². The lowest BCUT2D eigenvalue weighted by Gasteiger charge is -2.10. The number of nitrogens with two attached hydrogens (primary N) is 1. The molecule has 1 aromatic carbocycles. The molecule has 0 radical (unpaired) electrons. The molecule has 0 fully saturated rings. The summed E-state index contributed by atoms with van der Waals surface area (Å²) < 4.78 is 35.8. The number of oxime groups is 1. The normalized spacial score (nSPS) is 12.6. The van der Waals surface area contributed by atoms with E-state index in [1.165, 1.54) is 12.1 Å². The molecule has 0 bridgehead atoms. The largest absolute Gasteiger partial charge is 0.409 e. The zero-order valence-electron chi connectivity index (χ0n) is 11.1. The SMILES string of the molecule is CCS(=O)(=O)CCNCc1ccc(F)cc1/C(N)=N/O. The maximum Gasteiger partial charge on any atom is 0.170 e. The Morgan fingerprint density at radius 3 is 2.80 bits per heavy atom. The Kier molecular flexibility index (Phi) is 5.90. The maximum atomic E-state index is 13.1. The topological polar surface area (TPSA) is 105 Å². The number of rotatable bonds is 7. The monoisotopic (exact) mass is 303 g/mol. The molecule has 4 N–H and O–H groups in total. The second-order valence-electron chi connectivity index (χ2n) is 4.20. The first-order valence-electron chi connectivity index (χ1n) is 6.07. The number of hydrogen-bond acceptors (Lipinski definition) is 5. The van der Waals surface area contributed by atoms with Crippen LogP contribution in [0, 0.1) is 5.82 Å². The summed E-state index contributed by atoms with van der Waals surface area (Å²) in [5, 5.41) is 14.4. The Bertz CT molecular complexity index is 588. The van der Waals surface area contributed by atoms with Crippen molar-refractivity contribution in [2.75, 3.05) is 18.1 Å². The van der Waals surface area contributed by atoms with Crippen LogP contribution in [0.25, 0.3) is 0 Å². The molecule has 0 aliphatic carbocycles. The summed E-state index contributed by atoms with van der Waals surface area (Å²) >= 11 is 0. The zero-order chi connectivity index (χ0) is 15.2. The number of halogens is 1. The van der Waals surface area contributed by atoms with Crippen LogP contribution in [0.1, 0.15) is 18.1 Å². The summed E-state index contributed by atoms with van der Waals surface area (Å²) in [6, 6.07) is 3.92. The van der Waals surface area contributed by atoms with E-state index in [0.29, 0.717) is 12.1 Å². The molecule has 6 nitrogen and oxygen atoms in total. The van der Waals surface area contributed by atoms with Crippen molar-refractivity contribution < 1.29 is 18.0 Å². The Balaban J connectivity index is 2.69. The van der Waals surface area contributed by atoms with Crippen molar-refractivity contribution in [2.24, 2.45) is 10.9 Å². The molecule has 112 valence electrons. The van der Waals surface area contributed by atoms with E-state index in [1.807, 2.05) is 0 Å². The van der Waals surface area contributed by atoms with Crippen molar-refractivity contribution in [3.8, 4) is 0 Å². The molecule has 0 saturated carbocycles. The summed E-state index contributed by atoms with van der Waals surface area (Å²) in [5.41, 5.74) is 6.37. The number of hydrogen-bond donors (Lipinski definition) is 3. The molecule has 0 spiro atoms. The van der Waals surface area contributed by atoms with Crippen molar-refractivity contribution in [3.05, 3.63) is 35.1 Å². The van der Waals surface area contributed by atoms with E-state index in [9.17, 15) is 12.8 Å². The molecule has 0 amide bonds. The minimum Gasteiger partial charge on any atom is -0.409 e. The standard InChI is InChI=1S/C12H18FN3O3S/c1-2-20(18,19)6-5-15-8-9-3-4-10(13)7-11(9)12(14)16-17/h3-4,7,15,17H,2,5-6,8H2,1H3,(H2,14,16). The van der Waals surface area contributed by atoms with Gasteiger partial charge < -0.3 is 16.3 Å². The quantitative estimate of drug-likeness (QED) is 0.223. The van der Waals surface area contributed by atoms with Gasteiger partial charge in [0.15, 0.2) is 15.7 Å². The second kappa shape index (κ2) is 7.20. The third-order valence-electron chi connectivity index (χ3n) is 2.80. The van der Waals surface area contributed by atoms with Gasteiger partial charge in [0.05, 0.1) is 5.75 Å². The predicted molar refractivity (Wildman–Crippen MR) is 74.9 cm³/mol. The van der Waals surface area contributed by atoms with Gasteiger partial charge in [-0.3, -0.25) is 0 Å². The fourth-order valence-corrected chi connectivity index (χ4v) is 2.33. The molecule has 0 aromatic heterocycles. The van der Waals surface area contributed by atoms with E-state index in [0.717, 1.165) is 6.07 Å². The molecule has 0 heterocycles. The Morgan fingerprint density at radius 2 is 2.20 bits per heavy atom. The van der Waals surface area contributed by atoms with Crippen LogP contribution in [0.5, 0.6) is 0 Å². The van der Waals surface area contributed by atoms with Crippen LogP contribution in [0.4, 0.5) is 4.39 Å². The lowest BCUT2D eigenvalue weighted by molar-refractivity contribution is 0.318. The van der Waals surface area contributed by atoms with Crippen molar-refractivity contribution in [2.45, 2.75) is 13.5 Å². The number of nitrogens with one attached hydrogen (secondary N) is 1. The summed E-state index contributed by atoms with van der Waals surface area (Å²) in [5.74, 6) is -0.559. The highest BCUT2D eigenvalue weighted by Gasteiger charge is 2.10. The summed E-state index contributed by atoms with van der Waals surface area (Å²) in [6.45, 7) is 2.17. The molecule has 1 aromatic rings. The van der Waals surface area contributed by atoms with Gasteiger partial charge >= 0.3 is 0 Å². The molecule has 8 heteroatoms. The maximum absolute atomic E-state index is 13.1. The first kappa shape index (κ1) is 16.4. The molecule has 0 saturated heterocycles. The average Bonchev–Trinajstić information content (AvgIpc) is 2.44. The minimum absolute atomic E-state index is 0.0313. The fourth-order valence-electron chi connectivity index (χ4n) is 1.59. The van der Waals surface area contributed by atoms with Crippen molar-refractivity contribution in [1.82, 2.24) is 5.32 Å². The van der Waals surface area contributed by atoms with Crippen LogP contribution in [0.3, 0.4) is 0 Å². The number of benzene rings is 1. The van der Waals surface area contributed by atoms with Gasteiger partial charge in [-0.2, -0.15) is 0 Å². The van der Waals surface area contributed by atoms with Gasteiger partial charge in [0, 0.05) is 24.4 Å². The highest BCUT2D eigenvalue weighted by Crippen LogP contribution is 2.11. The number of sulfone groups is 1. The summed E-state index contributed by atoms with van der Waals surface area (Å²) in [4.78, 5) is 0. The molecule has 0 atom stereocenters. The molecule has 0 aliphatic rings. The third-order valence-corrected chi connectivity index (χ3v) is 4.51. The zero-order valence-corrected chi connectivity index (χ0v) is 12.0. The van der Waals surface area contributed by atoms with Gasteiger partial charge in [-0.15, -0.1) is 0 Å². The number of amidine groups is 1.